The number of aryl methyl sites for hydroxylation is 1. The van der Waals surface area contributed by atoms with Crippen molar-refractivity contribution in [3.8, 4) is 0 Å². The summed E-state index contributed by atoms with van der Waals surface area (Å²) in [6.45, 7) is 3.30. The molecule has 170 valence electrons. The van der Waals surface area contributed by atoms with Gasteiger partial charge in [0.2, 0.25) is 5.91 Å². The van der Waals surface area contributed by atoms with E-state index in [4.69, 9.17) is 0 Å². The average molecular weight is 471 g/mol. The number of nitrogens with one attached hydrogen (secondary N) is 1. The molecule has 0 saturated carbocycles. The van der Waals surface area contributed by atoms with Gasteiger partial charge in [-0.05, 0) is 66.3 Å². The van der Waals surface area contributed by atoms with Gasteiger partial charge in [0.05, 0.1) is 16.8 Å². The summed E-state index contributed by atoms with van der Waals surface area (Å²) in [6, 6.07) is 15.5. The molecule has 3 aromatic rings. The van der Waals surface area contributed by atoms with E-state index < -0.39 is 17.6 Å². The number of nitrogens with zero attached hydrogens (tertiary/aromatic N) is 2. The SMILES string of the molecule is CC(=O)Nc1ccc(N2CN(c3ccc(P)cc3C)c3cc(C(F)(F)F)ccc3C2=O)cc1. The van der Waals surface area contributed by atoms with E-state index in [0.717, 1.165) is 23.0 Å². The van der Waals surface area contributed by atoms with E-state index in [1.54, 1.807) is 29.2 Å². The molecule has 0 saturated heterocycles. The van der Waals surface area contributed by atoms with Crippen LogP contribution in [-0.4, -0.2) is 18.5 Å². The highest BCUT2D eigenvalue weighted by atomic mass is 31.0. The standard InChI is InChI=1S/C24H21F3N3O2P/c1-14-11-19(33)8-10-21(14)30-13-29(18-6-4-17(5-7-18)28-15(2)31)23(32)20-9-3-16(12-22(20)30)24(25,26)27/h3-12H,13,33H2,1-2H3,(H,28,31). The van der Waals surface area contributed by atoms with Crippen LogP contribution in [0, 0.1) is 6.92 Å². The maximum absolute atomic E-state index is 13.4. The van der Waals surface area contributed by atoms with Crippen molar-refractivity contribution in [2.24, 2.45) is 0 Å². The molecule has 0 aromatic heterocycles. The van der Waals surface area contributed by atoms with E-state index in [0.29, 0.717) is 17.1 Å². The Kier molecular flexibility index (Phi) is 5.89. The van der Waals surface area contributed by atoms with Crippen LogP contribution in [0.25, 0.3) is 0 Å². The maximum atomic E-state index is 13.4. The molecule has 0 aliphatic carbocycles. The van der Waals surface area contributed by atoms with Crippen molar-refractivity contribution in [3.63, 3.8) is 0 Å². The van der Waals surface area contributed by atoms with Crippen molar-refractivity contribution in [2.75, 3.05) is 21.8 Å². The van der Waals surface area contributed by atoms with Gasteiger partial charge in [-0.1, -0.05) is 12.1 Å². The van der Waals surface area contributed by atoms with Gasteiger partial charge in [0.1, 0.15) is 6.67 Å². The van der Waals surface area contributed by atoms with Crippen LogP contribution in [-0.2, 0) is 11.0 Å². The van der Waals surface area contributed by atoms with Crippen LogP contribution in [0.2, 0.25) is 0 Å². The second kappa shape index (κ2) is 8.52. The van der Waals surface area contributed by atoms with Crippen LogP contribution in [0.3, 0.4) is 0 Å². The zero-order valence-electron chi connectivity index (χ0n) is 17.9. The summed E-state index contributed by atoms with van der Waals surface area (Å²) in [5, 5.41) is 3.61. The maximum Gasteiger partial charge on any atom is 0.416 e. The van der Waals surface area contributed by atoms with E-state index in [2.05, 4.69) is 14.6 Å². The van der Waals surface area contributed by atoms with Crippen molar-refractivity contribution < 1.29 is 22.8 Å². The largest absolute Gasteiger partial charge is 0.416 e. The number of hydrogen-bond acceptors (Lipinski definition) is 3. The van der Waals surface area contributed by atoms with Crippen molar-refractivity contribution in [1.29, 1.82) is 0 Å². The molecule has 1 aliphatic heterocycles. The minimum absolute atomic E-state index is 0.0314. The first-order valence-electron chi connectivity index (χ1n) is 10.1. The van der Waals surface area contributed by atoms with Crippen molar-refractivity contribution >= 4 is 49.1 Å². The monoisotopic (exact) mass is 471 g/mol. The van der Waals surface area contributed by atoms with Gasteiger partial charge < -0.3 is 10.2 Å². The minimum atomic E-state index is -4.53. The van der Waals surface area contributed by atoms with Gasteiger partial charge in [0, 0.05) is 24.0 Å². The minimum Gasteiger partial charge on any atom is -0.326 e. The lowest BCUT2D eigenvalue weighted by Crippen LogP contribution is -2.45. The van der Waals surface area contributed by atoms with Crippen LogP contribution >= 0.6 is 9.24 Å². The molecule has 0 fully saturated rings. The Hall–Kier alpha value is -3.38. The molecule has 1 atom stereocenters. The number of amides is 2. The summed E-state index contributed by atoms with van der Waals surface area (Å²) in [7, 11) is 2.59. The third-order valence-corrected chi connectivity index (χ3v) is 5.74. The van der Waals surface area contributed by atoms with Gasteiger partial charge in [0.25, 0.3) is 5.91 Å². The smallest absolute Gasteiger partial charge is 0.326 e. The third kappa shape index (κ3) is 4.57. The predicted octanol–water partition coefficient (Wildman–Crippen LogP) is 5.23. The van der Waals surface area contributed by atoms with Gasteiger partial charge in [0.15, 0.2) is 0 Å². The molecule has 3 aromatic carbocycles. The molecule has 1 heterocycles. The number of anilines is 4. The predicted molar refractivity (Wildman–Crippen MR) is 127 cm³/mol. The zero-order chi connectivity index (χ0) is 23.9. The topological polar surface area (TPSA) is 52.7 Å². The Morgan fingerprint density at radius 2 is 1.67 bits per heavy atom. The summed E-state index contributed by atoms with van der Waals surface area (Å²) in [5.74, 6) is -0.618. The Morgan fingerprint density at radius 3 is 2.27 bits per heavy atom. The Bertz CT molecular complexity index is 1240. The fraction of sp³-hybridized carbons (Fsp3) is 0.167. The van der Waals surface area contributed by atoms with Gasteiger partial charge in [-0.3, -0.25) is 14.5 Å². The van der Waals surface area contributed by atoms with Crippen LogP contribution in [0.15, 0.2) is 60.7 Å². The molecule has 0 bridgehead atoms. The third-order valence-electron chi connectivity index (χ3n) is 5.39. The Balaban J connectivity index is 1.82. The quantitative estimate of drug-likeness (QED) is 0.533. The lowest BCUT2D eigenvalue weighted by atomic mass is 10.0. The number of carbonyl (C=O) groups is 2. The van der Waals surface area contributed by atoms with Crippen LogP contribution in [0.5, 0.6) is 0 Å². The van der Waals surface area contributed by atoms with Crippen molar-refractivity contribution in [1.82, 2.24) is 0 Å². The van der Waals surface area contributed by atoms with Gasteiger partial charge in [-0.15, -0.1) is 9.24 Å². The number of halogens is 3. The highest BCUT2D eigenvalue weighted by molar-refractivity contribution is 7.27. The number of fused-ring (bicyclic) bond motifs is 1. The molecule has 0 spiro atoms. The highest BCUT2D eigenvalue weighted by Crippen LogP contribution is 2.40. The summed E-state index contributed by atoms with van der Waals surface area (Å²) in [5.41, 5.74) is 2.28. The first kappa shape index (κ1) is 22.8. The van der Waals surface area contributed by atoms with Crippen LogP contribution in [0.4, 0.5) is 35.9 Å². The molecular formula is C24H21F3N3O2P. The van der Waals surface area contributed by atoms with Crippen molar-refractivity contribution in [3.05, 3.63) is 77.4 Å². The van der Waals surface area contributed by atoms with E-state index in [1.165, 1.54) is 17.9 Å². The molecule has 9 heteroatoms. The molecule has 5 nitrogen and oxygen atoms in total. The lowest BCUT2D eigenvalue weighted by Gasteiger charge is -2.39. The second-order valence-corrected chi connectivity index (χ2v) is 8.47. The molecule has 2 amide bonds. The Labute approximate surface area is 191 Å². The van der Waals surface area contributed by atoms with Crippen molar-refractivity contribution in [2.45, 2.75) is 20.0 Å². The van der Waals surface area contributed by atoms with Gasteiger partial charge in [-0.25, -0.2) is 0 Å². The second-order valence-electron chi connectivity index (χ2n) is 7.81. The van der Waals surface area contributed by atoms with Gasteiger partial charge in [-0.2, -0.15) is 13.2 Å². The molecule has 33 heavy (non-hydrogen) atoms. The van der Waals surface area contributed by atoms with Gasteiger partial charge >= 0.3 is 6.18 Å². The van der Waals surface area contributed by atoms with E-state index in [9.17, 15) is 22.8 Å². The highest BCUT2D eigenvalue weighted by Gasteiger charge is 2.36. The Morgan fingerprint density at radius 1 is 0.970 bits per heavy atom. The number of benzene rings is 3. The molecule has 1 N–H and O–H groups in total. The number of alkyl halides is 3. The van der Waals surface area contributed by atoms with Crippen LogP contribution < -0.4 is 20.4 Å². The van der Waals surface area contributed by atoms with E-state index >= 15 is 0 Å². The van der Waals surface area contributed by atoms with E-state index in [1.807, 2.05) is 25.1 Å². The summed E-state index contributed by atoms with van der Waals surface area (Å²) < 4.78 is 40.3. The fourth-order valence-electron chi connectivity index (χ4n) is 3.85. The zero-order valence-corrected chi connectivity index (χ0v) is 19.1. The summed E-state index contributed by atoms with van der Waals surface area (Å²) >= 11 is 0. The number of carbonyl (C=O) groups excluding carboxylic acids is 2. The molecular weight excluding hydrogens is 450 g/mol. The molecule has 4 rings (SSSR count). The molecule has 1 aliphatic rings. The summed E-state index contributed by atoms with van der Waals surface area (Å²) in [4.78, 5) is 27.8. The first-order chi connectivity index (χ1) is 15.5. The summed E-state index contributed by atoms with van der Waals surface area (Å²) in [6.07, 6.45) is -4.53. The van der Waals surface area contributed by atoms with E-state index in [-0.39, 0.29) is 23.8 Å². The lowest BCUT2D eigenvalue weighted by molar-refractivity contribution is -0.137. The fourth-order valence-corrected chi connectivity index (χ4v) is 4.20. The first-order valence-corrected chi connectivity index (χ1v) is 10.7. The normalized spacial score (nSPS) is 13.7. The average Bonchev–Trinajstić information content (AvgIpc) is 2.74. The molecule has 1 unspecified atom stereocenters. The number of hydrogen-bond donors (Lipinski definition) is 1. The van der Waals surface area contributed by atoms with Crippen LogP contribution in [0.1, 0.15) is 28.4 Å². The number of rotatable bonds is 3. The molecule has 0 radical (unpaired) electrons.